The van der Waals surface area contributed by atoms with Crippen molar-refractivity contribution in [3.8, 4) is 22.5 Å². The molecule has 0 spiro atoms. The lowest BCUT2D eigenvalue weighted by Crippen LogP contribution is -2.00. The van der Waals surface area contributed by atoms with Gasteiger partial charge in [-0.1, -0.05) is 23.7 Å². The van der Waals surface area contributed by atoms with Crippen molar-refractivity contribution in [1.29, 1.82) is 0 Å². The van der Waals surface area contributed by atoms with Gasteiger partial charge in [-0.05, 0) is 43.3 Å². The summed E-state index contributed by atoms with van der Waals surface area (Å²) < 4.78 is 13.2. The second-order valence-electron chi connectivity index (χ2n) is 4.99. The van der Waals surface area contributed by atoms with Crippen LogP contribution < -0.4 is 0 Å². The monoisotopic (exact) mass is 357 g/mol. The third-order valence-electron chi connectivity index (χ3n) is 3.50. The van der Waals surface area contributed by atoms with Crippen LogP contribution in [0.4, 0.5) is 4.39 Å². The van der Waals surface area contributed by atoms with Crippen LogP contribution in [-0.2, 0) is 0 Å². The predicted octanol–water partition coefficient (Wildman–Crippen LogP) is 5.29. The van der Waals surface area contributed by atoms with Crippen LogP contribution in [0.15, 0.2) is 54.7 Å². The molecule has 3 rings (SSSR count). The highest BCUT2D eigenvalue weighted by Gasteiger charge is 2.20. The molecular formula is C18H13ClFN3S. The summed E-state index contributed by atoms with van der Waals surface area (Å²) in [7, 11) is 0. The molecule has 0 bridgehead atoms. The highest BCUT2D eigenvalue weighted by atomic mass is 35.5. The summed E-state index contributed by atoms with van der Waals surface area (Å²) in [5.74, 6) is -0.315. The number of benzene rings is 1. The molecule has 2 heterocycles. The van der Waals surface area contributed by atoms with Crippen LogP contribution in [0.3, 0.4) is 0 Å². The molecule has 1 aromatic carbocycles. The van der Waals surface area contributed by atoms with Gasteiger partial charge >= 0.3 is 0 Å². The van der Waals surface area contributed by atoms with Crippen LogP contribution in [0.1, 0.15) is 12.5 Å². The Hall–Kier alpha value is -2.24. The van der Waals surface area contributed by atoms with E-state index in [1.807, 2.05) is 31.2 Å². The standard InChI is InChI=1S/C18H13ClFN3S/c1-2-14(24)16-15(13-5-3-4-10-21-13)18(19)23-22-17(16)11-6-8-12(20)9-7-11/h2-10,24H,1H3/b14-2-. The van der Waals surface area contributed by atoms with E-state index >= 15 is 0 Å². The average Bonchev–Trinajstić information content (AvgIpc) is 2.62. The molecule has 0 amide bonds. The molecule has 6 heteroatoms. The molecule has 3 aromatic rings. The summed E-state index contributed by atoms with van der Waals surface area (Å²) in [5.41, 5.74) is 3.33. The number of aromatic nitrogens is 3. The Kier molecular flexibility index (Phi) is 4.92. The molecule has 0 aliphatic heterocycles. The molecule has 0 saturated carbocycles. The minimum Gasteiger partial charge on any atom is -0.256 e. The lowest BCUT2D eigenvalue weighted by molar-refractivity contribution is 0.628. The van der Waals surface area contributed by atoms with Gasteiger partial charge in [0, 0.05) is 22.2 Å². The average molecular weight is 358 g/mol. The maximum Gasteiger partial charge on any atom is 0.161 e. The van der Waals surface area contributed by atoms with E-state index in [1.165, 1.54) is 12.1 Å². The lowest BCUT2D eigenvalue weighted by atomic mass is 9.99. The van der Waals surface area contributed by atoms with E-state index in [1.54, 1.807) is 18.3 Å². The van der Waals surface area contributed by atoms with E-state index in [-0.39, 0.29) is 11.0 Å². The number of rotatable bonds is 3. The van der Waals surface area contributed by atoms with E-state index in [4.69, 9.17) is 11.6 Å². The molecule has 0 unspecified atom stereocenters. The summed E-state index contributed by atoms with van der Waals surface area (Å²) in [5, 5.41) is 8.50. The van der Waals surface area contributed by atoms with Gasteiger partial charge in [-0.25, -0.2) is 4.39 Å². The van der Waals surface area contributed by atoms with Gasteiger partial charge in [0.1, 0.15) is 11.5 Å². The fraction of sp³-hybridized carbons (Fsp3) is 0.0556. The lowest BCUT2D eigenvalue weighted by Gasteiger charge is -2.14. The van der Waals surface area contributed by atoms with Crippen LogP contribution in [0.5, 0.6) is 0 Å². The second kappa shape index (κ2) is 7.11. The van der Waals surface area contributed by atoms with Crippen molar-refractivity contribution < 1.29 is 4.39 Å². The molecule has 0 aliphatic carbocycles. The first-order valence-corrected chi connectivity index (χ1v) is 8.03. The Morgan fingerprint density at radius 3 is 2.50 bits per heavy atom. The summed E-state index contributed by atoms with van der Waals surface area (Å²) in [6.45, 7) is 1.87. The first-order valence-electron chi connectivity index (χ1n) is 7.21. The number of nitrogens with zero attached hydrogens (tertiary/aromatic N) is 3. The highest BCUT2D eigenvalue weighted by Crippen LogP contribution is 2.39. The Morgan fingerprint density at radius 1 is 1.12 bits per heavy atom. The molecule has 0 aliphatic rings. The third-order valence-corrected chi connectivity index (χ3v) is 4.25. The summed E-state index contributed by atoms with van der Waals surface area (Å²) in [6.07, 6.45) is 3.53. The third kappa shape index (κ3) is 3.18. The van der Waals surface area contributed by atoms with Crippen molar-refractivity contribution in [3.05, 3.63) is 71.3 Å². The van der Waals surface area contributed by atoms with Crippen molar-refractivity contribution in [2.24, 2.45) is 0 Å². The second-order valence-corrected chi connectivity index (χ2v) is 5.83. The zero-order valence-electron chi connectivity index (χ0n) is 12.7. The molecule has 120 valence electrons. The van der Waals surface area contributed by atoms with Gasteiger partial charge in [0.25, 0.3) is 0 Å². The normalized spacial score (nSPS) is 11.6. The number of pyridine rings is 1. The maximum absolute atomic E-state index is 13.2. The zero-order chi connectivity index (χ0) is 17.1. The van der Waals surface area contributed by atoms with Gasteiger partial charge in [-0.2, -0.15) is 0 Å². The molecular weight excluding hydrogens is 345 g/mol. The molecule has 0 N–H and O–H groups in total. The number of allylic oxidation sites excluding steroid dienone is 1. The Labute approximate surface area is 149 Å². The largest absolute Gasteiger partial charge is 0.256 e. The van der Waals surface area contributed by atoms with E-state index in [0.717, 1.165) is 5.56 Å². The van der Waals surface area contributed by atoms with Gasteiger partial charge in [0.05, 0.1) is 11.3 Å². The fourth-order valence-corrected chi connectivity index (χ4v) is 2.81. The first kappa shape index (κ1) is 16.6. The van der Waals surface area contributed by atoms with Crippen molar-refractivity contribution in [2.45, 2.75) is 6.92 Å². The van der Waals surface area contributed by atoms with Gasteiger partial charge < -0.3 is 0 Å². The minimum atomic E-state index is -0.315. The summed E-state index contributed by atoms with van der Waals surface area (Å²) in [6, 6.07) is 11.6. The van der Waals surface area contributed by atoms with Crippen LogP contribution in [0.2, 0.25) is 5.15 Å². The Morgan fingerprint density at radius 2 is 1.88 bits per heavy atom. The maximum atomic E-state index is 13.2. The van der Waals surface area contributed by atoms with E-state index in [2.05, 4.69) is 27.8 Å². The van der Waals surface area contributed by atoms with Gasteiger partial charge in [0.2, 0.25) is 0 Å². The number of hydrogen-bond donors (Lipinski definition) is 1. The molecule has 3 nitrogen and oxygen atoms in total. The molecule has 24 heavy (non-hydrogen) atoms. The number of halogens is 2. The van der Waals surface area contributed by atoms with Crippen LogP contribution in [0.25, 0.3) is 27.4 Å². The molecule has 0 fully saturated rings. The van der Waals surface area contributed by atoms with Crippen molar-refractivity contribution in [3.63, 3.8) is 0 Å². The Bertz CT molecular complexity index is 896. The quantitative estimate of drug-likeness (QED) is 0.647. The van der Waals surface area contributed by atoms with Crippen LogP contribution >= 0.6 is 24.2 Å². The number of hydrogen-bond acceptors (Lipinski definition) is 4. The van der Waals surface area contributed by atoms with Gasteiger partial charge in [-0.15, -0.1) is 22.8 Å². The first-order chi connectivity index (χ1) is 11.6. The van der Waals surface area contributed by atoms with Crippen molar-refractivity contribution >= 4 is 29.1 Å². The van der Waals surface area contributed by atoms with Crippen LogP contribution in [0, 0.1) is 5.82 Å². The van der Waals surface area contributed by atoms with Crippen LogP contribution in [-0.4, -0.2) is 15.2 Å². The van der Waals surface area contributed by atoms with Gasteiger partial charge in [0.15, 0.2) is 5.15 Å². The van der Waals surface area contributed by atoms with E-state index in [9.17, 15) is 4.39 Å². The molecule has 0 radical (unpaired) electrons. The summed E-state index contributed by atoms with van der Waals surface area (Å²) in [4.78, 5) is 5.05. The molecule has 0 saturated heterocycles. The SMILES string of the molecule is C/C=C(\S)c1c(-c2ccc(F)cc2)nnc(Cl)c1-c1ccccn1. The molecule has 0 atom stereocenters. The van der Waals surface area contributed by atoms with Crippen molar-refractivity contribution in [1.82, 2.24) is 15.2 Å². The number of thiol groups is 1. The fourth-order valence-electron chi connectivity index (χ4n) is 2.36. The predicted molar refractivity (Wildman–Crippen MR) is 98.3 cm³/mol. The molecule has 2 aromatic heterocycles. The van der Waals surface area contributed by atoms with Crippen molar-refractivity contribution in [2.75, 3.05) is 0 Å². The van der Waals surface area contributed by atoms with E-state index < -0.39 is 0 Å². The smallest absolute Gasteiger partial charge is 0.161 e. The van der Waals surface area contributed by atoms with E-state index in [0.29, 0.717) is 27.4 Å². The zero-order valence-corrected chi connectivity index (χ0v) is 14.4. The van der Waals surface area contributed by atoms with Gasteiger partial charge in [-0.3, -0.25) is 4.98 Å². The Balaban J connectivity index is 2.33. The highest BCUT2D eigenvalue weighted by molar-refractivity contribution is 7.90. The minimum absolute atomic E-state index is 0.239. The topological polar surface area (TPSA) is 38.7 Å². The summed E-state index contributed by atoms with van der Waals surface area (Å²) >= 11 is 10.9.